The van der Waals surface area contributed by atoms with Gasteiger partial charge in [-0.25, -0.2) is 4.57 Å². The number of hydrogen-bond acceptors (Lipinski definition) is 4. The van der Waals surface area contributed by atoms with Crippen LogP contribution in [0.5, 0.6) is 5.75 Å². The standard InChI is InChI=1S/C22H23N2O2S/c1-4-21(25)20-9-11-23-14-22(20)27-19-7-5-18(6-8-19)26-15-17-10-12-24(3)16(2)13-17/h5-14H,4,15H2,1-3H3/q+1. The highest BCUT2D eigenvalue weighted by molar-refractivity contribution is 7.99. The van der Waals surface area contributed by atoms with Gasteiger partial charge in [0.15, 0.2) is 17.7 Å². The molecule has 0 radical (unpaired) electrons. The van der Waals surface area contributed by atoms with Crippen LogP contribution in [0.2, 0.25) is 0 Å². The minimum absolute atomic E-state index is 0.131. The zero-order valence-electron chi connectivity index (χ0n) is 15.8. The van der Waals surface area contributed by atoms with Crippen LogP contribution in [0.15, 0.2) is 70.8 Å². The molecule has 0 aliphatic heterocycles. The molecule has 0 aliphatic carbocycles. The highest BCUT2D eigenvalue weighted by atomic mass is 32.2. The predicted octanol–water partition coefficient (Wildman–Crippen LogP) is 4.54. The molecular weight excluding hydrogens is 356 g/mol. The summed E-state index contributed by atoms with van der Waals surface area (Å²) >= 11 is 1.54. The number of nitrogens with zero attached hydrogens (tertiary/aromatic N) is 2. The highest BCUT2D eigenvalue weighted by Crippen LogP contribution is 2.31. The predicted molar refractivity (Wildman–Crippen MR) is 106 cm³/mol. The van der Waals surface area contributed by atoms with Crippen molar-refractivity contribution >= 4 is 17.5 Å². The molecule has 2 aromatic heterocycles. The van der Waals surface area contributed by atoms with Gasteiger partial charge in [0.25, 0.3) is 0 Å². The molecule has 0 spiro atoms. The Morgan fingerprint density at radius 1 is 1.19 bits per heavy atom. The summed E-state index contributed by atoms with van der Waals surface area (Å²) in [4.78, 5) is 18.2. The number of rotatable bonds is 7. The lowest BCUT2D eigenvalue weighted by molar-refractivity contribution is -0.677. The average molecular weight is 380 g/mol. The molecule has 0 atom stereocenters. The van der Waals surface area contributed by atoms with Crippen molar-refractivity contribution in [2.75, 3.05) is 0 Å². The second-order valence-corrected chi connectivity index (χ2v) is 7.41. The number of ketones is 1. The first-order valence-corrected chi connectivity index (χ1v) is 9.71. The Hall–Kier alpha value is -2.66. The van der Waals surface area contributed by atoms with Crippen LogP contribution >= 0.6 is 11.8 Å². The van der Waals surface area contributed by atoms with Crippen LogP contribution in [0.25, 0.3) is 0 Å². The van der Waals surface area contributed by atoms with E-state index >= 15 is 0 Å². The molecule has 0 unspecified atom stereocenters. The first kappa shape index (κ1) is 19.1. The Bertz CT molecular complexity index is 939. The summed E-state index contributed by atoms with van der Waals surface area (Å²) in [6.07, 6.45) is 5.93. The molecule has 2 heterocycles. The van der Waals surface area contributed by atoms with Gasteiger partial charge in [0.1, 0.15) is 19.4 Å². The molecule has 0 saturated carbocycles. The van der Waals surface area contributed by atoms with Gasteiger partial charge >= 0.3 is 0 Å². The van der Waals surface area contributed by atoms with Gasteiger partial charge in [-0.1, -0.05) is 18.7 Å². The molecule has 27 heavy (non-hydrogen) atoms. The largest absolute Gasteiger partial charge is 0.489 e. The number of carbonyl (C=O) groups is 1. The van der Waals surface area contributed by atoms with Crippen LogP contribution in [0.1, 0.15) is 35.0 Å². The van der Waals surface area contributed by atoms with Crippen LogP contribution in [0, 0.1) is 6.92 Å². The van der Waals surface area contributed by atoms with Gasteiger partial charge in [-0.15, -0.1) is 0 Å². The topological polar surface area (TPSA) is 43.1 Å². The number of aromatic nitrogens is 2. The maximum absolute atomic E-state index is 12.1. The Balaban J connectivity index is 1.65. The minimum atomic E-state index is 0.131. The lowest BCUT2D eigenvalue weighted by atomic mass is 10.1. The molecular formula is C22H23N2O2S+. The van der Waals surface area contributed by atoms with E-state index in [9.17, 15) is 4.79 Å². The molecule has 1 aromatic carbocycles. The molecule has 3 rings (SSSR count). The van der Waals surface area contributed by atoms with E-state index < -0.39 is 0 Å². The molecule has 0 N–H and O–H groups in total. The Labute approximate surface area is 164 Å². The maximum atomic E-state index is 12.1. The van der Waals surface area contributed by atoms with Crippen LogP contribution < -0.4 is 9.30 Å². The van der Waals surface area contributed by atoms with Crippen molar-refractivity contribution in [3.63, 3.8) is 0 Å². The highest BCUT2D eigenvalue weighted by Gasteiger charge is 2.11. The number of carbonyl (C=O) groups excluding carboxylic acids is 1. The first-order chi connectivity index (χ1) is 13.1. The number of ether oxygens (including phenoxy) is 1. The molecule has 138 valence electrons. The van der Waals surface area contributed by atoms with Gasteiger partial charge in [0, 0.05) is 58.8 Å². The fraction of sp³-hybridized carbons (Fsp3) is 0.227. The van der Waals surface area contributed by atoms with E-state index in [-0.39, 0.29) is 5.78 Å². The molecule has 3 aromatic rings. The third-order valence-corrected chi connectivity index (χ3v) is 5.38. The number of benzene rings is 1. The summed E-state index contributed by atoms with van der Waals surface area (Å²) in [6, 6.07) is 13.9. The zero-order valence-corrected chi connectivity index (χ0v) is 16.6. The van der Waals surface area contributed by atoms with Crippen molar-refractivity contribution in [3.05, 3.63) is 77.9 Å². The molecule has 0 amide bonds. The van der Waals surface area contributed by atoms with E-state index in [0.29, 0.717) is 13.0 Å². The van der Waals surface area contributed by atoms with E-state index in [0.717, 1.165) is 26.7 Å². The molecule has 5 heteroatoms. The van der Waals surface area contributed by atoms with E-state index in [2.05, 4.69) is 28.6 Å². The fourth-order valence-corrected chi connectivity index (χ4v) is 3.54. The summed E-state index contributed by atoms with van der Waals surface area (Å²) < 4.78 is 7.96. The zero-order chi connectivity index (χ0) is 19.2. The first-order valence-electron chi connectivity index (χ1n) is 8.90. The normalized spacial score (nSPS) is 10.6. The quantitative estimate of drug-likeness (QED) is 0.447. The number of pyridine rings is 2. The lowest BCUT2D eigenvalue weighted by Gasteiger charge is -2.09. The molecule has 0 bridgehead atoms. The van der Waals surface area contributed by atoms with E-state index in [1.165, 1.54) is 5.69 Å². The molecule has 0 fully saturated rings. The van der Waals surface area contributed by atoms with Crippen molar-refractivity contribution in [2.45, 2.75) is 36.7 Å². The molecule has 4 nitrogen and oxygen atoms in total. The van der Waals surface area contributed by atoms with Gasteiger partial charge in [-0.3, -0.25) is 9.78 Å². The van der Waals surface area contributed by atoms with Crippen molar-refractivity contribution in [3.8, 4) is 5.75 Å². The van der Waals surface area contributed by atoms with Gasteiger partial charge in [0.2, 0.25) is 0 Å². The molecule has 0 saturated heterocycles. The Kier molecular flexibility index (Phi) is 6.24. The van der Waals surface area contributed by atoms with Gasteiger partial charge in [0.05, 0.1) is 0 Å². The SMILES string of the molecule is CCC(=O)c1ccncc1Sc1ccc(OCc2cc[n+](C)c(C)c2)cc1. The number of hydrogen-bond donors (Lipinski definition) is 0. The van der Waals surface area contributed by atoms with E-state index in [1.807, 2.05) is 44.4 Å². The summed E-state index contributed by atoms with van der Waals surface area (Å²) in [5.74, 6) is 0.952. The number of Topliss-reactive ketones (excluding diaryl/α,β-unsaturated/α-hetero) is 1. The van der Waals surface area contributed by atoms with Crippen LogP contribution in [0.3, 0.4) is 0 Å². The second-order valence-electron chi connectivity index (χ2n) is 6.30. The van der Waals surface area contributed by atoms with Crippen molar-refractivity contribution in [1.82, 2.24) is 4.98 Å². The molecule has 0 aliphatic rings. The monoisotopic (exact) mass is 379 g/mol. The third-order valence-electron chi connectivity index (χ3n) is 4.33. The van der Waals surface area contributed by atoms with Crippen molar-refractivity contribution < 1.29 is 14.1 Å². The van der Waals surface area contributed by atoms with E-state index in [4.69, 9.17) is 4.74 Å². The average Bonchev–Trinajstić information content (AvgIpc) is 2.70. The Morgan fingerprint density at radius 3 is 2.67 bits per heavy atom. The van der Waals surface area contributed by atoms with E-state index in [1.54, 1.807) is 30.2 Å². The van der Waals surface area contributed by atoms with Gasteiger partial charge < -0.3 is 4.74 Å². The fourth-order valence-electron chi connectivity index (χ4n) is 2.61. The summed E-state index contributed by atoms with van der Waals surface area (Å²) in [5.41, 5.74) is 3.06. The smallest absolute Gasteiger partial charge is 0.178 e. The lowest BCUT2D eigenvalue weighted by Crippen LogP contribution is -2.31. The summed E-state index contributed by atoms with van der Waals surface area (Å²) in [7, 11) is 2.03. The second kappa shape index (κ2) is 8.82. The summed E-state index contributed by atoms with van der Waals surface area (Å²) in [5, 5.41) is 0. The van der Waals surface area contributed by atoms with Crippen molar-refractivity contribution in [2.24, 2.45) is 7.05 Å². The Morgan fingerprint density at radius 2 is 1.96 bits per heavy atom. The van der Waals surface area contributed by atoms with Gasteiger partial charge in [-0.2, -0.15) is 0 Å². The van der Waals surface area contributed by atoms with Crippen LogP contribution in [0.4, 0.5) is 0 Å². The number of aryl methyl sites for hydroxylation is 2. The van der Waals surface area contributed by atoms with Crippen LogP contribution in [-0.4, -0.2) is 10.8 Å². The van der Waals surface area contributed by atoms with Crippen molar-refractivity contribution in [1.29, 1.82) is 0 Å². The summed E-state index contributed by atoms with van der Waals surface area (Å²) in [6.45, 7) is 4.48. The minimum Gasteiger partial charge on any atom is -0.489 e. The maximum Gasteiger partial charge on any atom is 0.178 e. The third kappa shape index (κ3) is 4.95. The van der Waals surface area contributed by atoms with Crippen LogP contribution in [-0.2, 0) is 13.7 Å². The van der Waals surface area contributed by atoms with Gasteiger partial charge in [-0.05, 0) is 30.3 Å².